The number of carbonyl (C=O) groups excluding carboxylic acids is 1. The third kappa shape index (κ3) is 2.71. The minimum atomic E-state index is -0.0535. The van der Waals surface area contributed by atoms with Crippen molar-refractivity contribution in [2.45, 2.75) is 45.4 Å². The lowest BCUT2D eigenvalue weighted by Crippen LogP contribution is -2.34. The molecule has 1 aromatic rings. The van der Waals surface area contributed by atoms with E-state index in [-0.39, 0.29) is 5.41 Å². The second kappa shape index (κ2) is 6.40. The van der Waals surface area contributed by atoms with E-state index in [9.17, 15) is 4.79 Å². The third-order valence-electron chi connectivity index (χ3n) is 4.85. The van der Waals surface area contributed by atoms with Crippen LogP contribution in [0.2, 0.25) is 0 Å². The van der Waals surface area contributed by atoms with Crippen molar-refractivity contribution in [3.63, 3.8) is 0 Å². The zero-order chi connectivity index (χ0) is 14.8. The van der Waals surface area contributed by atoms with Crippen LogP contribution in [0.3, 0.4) is 0 Å². The van der Waals surface area contributed by atoms with E-state index in [0.29, 0.717) is 5.78 Å². The number of ketones is 1. The maximum absolute atomic E-state index is 12.8. The van der Waals surface area contributed by atoms with Crippen LogP contribution < -0.4 is 0 Å². The number of carbonyl (C=O) groups is 1. The fraction of sp³-hybridized carbons (Fsp3) is 0.588. The van der Waals surface area contributed by atoms with E-state index >= 15 is 0 Å². The summed E-state index contributed by atoms with van der Waals surface area (Å²) < 4.78 is 1.02. The average molecular weight is 339 g/mol. The number of halogens is 1. The molecule has 1 spiro atoms. The summed E-state index contributed by atoms with van der Waals surface area (Å²) in [4.78, 5) is 12.8. The molecule has 0 aromatic heterocycles. The minimum Gasteiger partial charge on any atom is -0.400 e. The second-order valence-corrected chi connectivity index (χ2v) is 6.87. The molecular weight excluding hydrogens is 316 g/mol. The van der Waals surface area contributed by atoms with Gasteiger partial charge in [0, 0.05) is 22.6 Å². The Morgan fingerprint density at radius 2 is 2.15 bits per heavy atom. The molecule has 0 saturated heterocycles. The monoisotopic (exact) mass is 338 g/mol. The summed E-state index contributed by atoms with van der Waals surface area (Å²) >= 11 is 3.48. The molecule has 0 radical (unpaired) electrons. The minimum absolute atomic E-state index is 0.0535. The fourth-order valence-electron chi connectivity index (χ4n) is 3.85. The highest BCUT2D eigenvalue weighted by molar-refractivity contribution is 9.10. The van der Waals surface area contributed by atoms with Crippen molar-refractivity contribution >= 4 is 21.7 Å². The first-order chi connectivity index (χ1) is 9.64. The number of aliphatic hydroxyl groups excluding tert-OH is 1. The summed E-state index contributed by atoms with van der Waals surface area (Å²) in [6, 6.07) is 6.20. The van der Waals surface area contributed by atoms with Crippen LogP contribution in [0.15, 0.2) is 22.7 Å². The molecule has 1 saturated carbocycles. The van der Waals surface area contributed by atoms with Gasteiger partial charge >= 0.3 is 0 Å². The molecule has 2 aliphatic carbocycles. The molecule has 3 rings (SSSR count). The number of fused-ring (bicyclic) bond motifs is 1. The number of hydrogen-bond acceptors (Lipinski definition) is 2. The lowest BCUT2D eigenvalue weighted by atomic mass is 9.67. The van der Waals surface area contributed by atoms with Crippen molar-refractivity contribution in [1.82, 2.24) is 0 Å². The highest BCUT2D eigenvalue weighted by atomic mass is 79.9. The molecule has 0 aliphatic heterocycles. The van der Waals surface area contributed by atoms with E-state index < -0.39 is 0 Å². The smallest absolute Gasteiger partial charge is 0.169 e. The summed E-state index contributed by atoms with van der Waals surface area (Å²) in [7, 11) is 1.00. The van der Waals surface area contributed by atoms with Gasteiger partial charge in [0.05, 0.1) is 0 Å². The molecule has 110 valence electrons. The van der Waals surface area contributed by atoms with Crippen LogP contribution in [0.4, 0.5) is 0 Å². The predicted molar refractivity (Wildman–Crippen MR) is 85.0 cm³/mol. The van der Waals surface area contributed by atoms with Crippen molar-refractivity contribution in [2.75, 3.05) is 7.11 Å². The van der Waals surface area contributed by atoms with Gasteiger partial charge in [-0.05, 0) is 42.9 Å². The van der Waals surface area contributed by atoms with Gasteiger partial charge in [0.2, 0.25) is 0 Å². The lowest BCUT2D eigenvalue weighted by molar-refractivity contribution is 0.0680. The van der Waals surface area contributed by atoms with E-state index in [2.05, 4.69) is 35.0 Å². The van der Waals surface area contributed by atoms with Crippen LogP contribution in [0.1, 0.15) is 54.9 Å². The van der Waals surface area contributed by atoms with E-state index in [1.807, 2.05) is 6.07 Å². The Kier molecular flexibility index (Phi) is 5.03. The molecule has 3 heteroatoms. The van der Waals surface area contributed by atoms with Crippen LogP contribution in [0.25, 0.3) is 0 Å². The Morgan fingerprint density at radius 1 is 1.40 bits per heavy atom. The molecule has 0 amide bonds. The summed E-state index contributed by atoms with van der Waals surface area (Å²) in [6.07, 6.45) is 6.92. The zero-order valence-electron chi connectivity index (χ0n) is 12.3. The molecule has 0 bridgehead atoms. The highest BCUT2D eigenvalue weighted by Gasteiger charge is 2.47. The van der Waals surface area contributed by atoms with Gasteiger partial charge in [-0.1, -0.05) is 48.2 Å². The first-order valence-corrected chi connectivity index (χ1v) is 8.22. The Bertz CT molecular complexity index is 498. The molecule has 2 unspecified atom stereocenters. The molecule has 1 aromatic carbocycles. The van der Waals surface area contributed by atoms with Crippen molar-refractivity contribution in [1.29, 1.82) is 0 Å². The Morgan fingerprint density at radius 3 is 2.85 bits per heavy atom. The van der Waals surface area contributed by atoms with E-state index in [1.54, 1.807) is 0 Å². The summed E-state index contributed by atoms with van der Waals surface area (Å²) in [6.45, 7) is 2.26. The van der Waals surface area contributed by atoms with E-state index in [0.717, 1.165) is 42.3 Å². The van der Waals surface area contributed by atoms with E-state index in [4.69, 9.17) is 5.11 Å². The quantitative estimate of drug-likeness (QED) is 0.824. The molecule has 2 atom stereocenters. The first kappa shape index (κ1) is 15.7. The Labute approximate surface area is 129 Å². The van der Waals surface area contributed by atoms with Gasteiger partial charge in [-0.3, -0.25) is 4.79 Å². The lowest BCUT2D eigenvalue weighted by Gasteiger charge is -2.36. The van der Waals surface area contributed by atoms with Crippen molar-refractivity contribution in [2.24, 2.45) is 11.3 Å². The van der Waals surface area contributed by atoms with Crippen molar-refractivity contribution < 1.29 is 9.90 Å². The standard InChI is InChI=1S/C16H19BrO.CH4O/c1-2-11-4-3-7-16(9-11)10-12-5-6-13(17)8-14(12)15(16)18;1-2/h5-6,8,11H,2-4,7,9-10H2,1H3;2H,1H3. The highest BCUT2D eigenvalue weighted by Crippen LogP contribution is 2.49. The van der Waals surface area contributed by atoms with Gasteiger partial charge < -0.3 is 5.11 Å². The van der Waals surface area contributed by atoms with E-state index in [1.165, 1.54) is 24.8 Å². The largest absolute Gasteiger partial charge is 0.400 e. The van der Waals surface area contributed by atoms with Crippen molar-refractivity contribution in [3.05, 3.63) is 33.8 Å². The van der Waals surface area contributed by atoms with Gasteiger partial charge in [-0.25, -0.2) is 0 Å². The molecular formula is C17H23BrO2. The predicted octanol–water partition coefficient (Wildman–Crippen LogP) is 4.38. The topological polar surface area (TPSA) is 37.3 Å². The first-order valence-electron chi connectivity index (χ1n) is 7.42. The Balaban J connectivity index is 0.000000704. The molecule has 0 heterocycles. The van der Waals surface area contributed by atoms with Gasteiger partial charge in [0.25, 0.3) is 0 Å². The van der Waals surface area contributed by atoms with Crippen LogP contribution >= 0.6 is 15.9 Å². The SMILES string of the molecule is CCC1CCCC2(Cc3ccc(Br)cc3C2=O)C1.CO. The molecule has 1 N–H and O–H groups in total. The van der Waals surface area contributed by atoms with Gasteiger partial charge in [-0.2, -0.15) is 0 Å². The normalized spacial score (nSPS) is 28.0. The van der Waals surface area contributed by atoms with Crippen LogP contribution in [-0.4, -0.2) is 18.0 Å². The van der Waals surface area contributed by atoms with Crippen LogP contribution in [0.5, 0.6) is 0 Å². The summed E-state index contributed by atoms with van der Waals surface area (Å²) in [5.74, 6) is 1.16. The second-order valence-electron chi connectivity index (χ2n) is 5.96. The van der Waals surface area contributed by atoms with Gasteiger partial charge in [0.15, 0.2) is 5.78 Å². The third-order valence-corrected chi connectivity index (χ3v) is 5.34. The number of hydrogen-bond donors (Lipinski definition) is 1. The Hall–Kier alpha value is -0.670. The van der Waals surface area contributed by atoms with Crippen LogP contribution in [0, 0.1) is 11.3 Å². The van der Waals surface area contributed by atoms with Gasteiger partial charge in [0.1, 0.15) is 0 Å². The number of benzene rings is 1. The maximum Gasteiger partial charge on any atom is 0.169 e. The van der Waals surface area contributed by atoms with Crippen molar-refractivity contribution in [3.8, 4) is 0 Å². The molecule has 1 fully saturated rings. The molecule has 2 nitrogen and oxygen atoms in total. The van der Waals surface area contributed by atoms with Gasteiger partial charge in [-0.15, -0.1) is 0 Å². The fourth-order valence-corrected chi connectivity index (χ4v) is 4.21. The zero-order valence-corrected chi connectivity index (χ0v) is 13.9. The maximum atomic E-state index is 12.8. The summed E-state index contributed by atoms with van der Waals surface area (Å²) in [5, 5.41) is 7.00. The van der Waals surface area contributed by atoms with Crippen LogP contribution in [-0.2, 0) is 6.42 Å². The molecule has 2 aliphatic rings. The average Bonchev–Trinajstić information content (AvgIpc) is 2.74. The summed E-state index contributed by atoms with van der Waals surface area (Å²) in [5.41, 5.74) is 2.18. The number of Topliss-reactive ketones (excluding diaryl/α,β-unsaturated/α-hetero) is 1. The number of rotatable bonds is 1. The number of aliphatic hydroxyl groups is 1. The molecule has 20 heavy (non-hydrogen) atoms.